The van der Waals surface area contributed by atoms with Crippen molar-refractivity contribution >= 4 is 38.0 Å². The number of halogens is 2. The molecule has 0 aliphatic heterocycles. The molecule has 1 heterocycles. The molecular weight excluding hydrogens is 323 g/mol. The van der Waals surface area contributed by atoms with Crippen LogP contribution in [0.3, 0.4) is 0 Å². The van der Waals surface area contributed by atoms with Crippen molar-refractivity contribution in [2.75, 3.05) is 5.32 Å². The Morgan fingerprint density at radius 3 is 2.78 bits per heavy atom. The second kappa shape index (κ2) is 5.45. The van der Waals surface area contributed by atoms with Crippen molar-refractivity contribution in [2.45, 2.75) is 6.54 Å². The van der Waals surface area contributed by atoms with Gasteiger partial charge in [0, 0.05) is 23.2 Å². The molecule has 94 valence electrons. The Hall–Kier alpha value is -1.47. The van der Waals surface area contributed by atoms with Crippen LogP contribution in [0.4, 0.5) is 15.1 Å². The molecule has 0 saturated carbocycles. The zero-order valence-electron chi connectivity index (χ0n) is 9.02. The molecule has 1 N–H and O–H groups in total. The van der Waals surface area contributed by atoms with Gasteiger partial charge in [0.05, 0.1) is 9.40 Å². The van der Waals surface area contributed by atoms with Gasteiger partial charge < -0.3 is 5.32 Å². The van der Waals surface area contributed by atoms with Gasteiger partial charge in [0.2, 0.25) is 0 Å². The zero-order valence-corrected chi connectivity index (χ0v) is 11.4. The van der Waals surface area contributed by atoms with E-state index in [-0.39, 0.29) is 10.8 Å². The number of benzene rings is 1. The fourth-order valence-electron chi connectivity index (χ4n) is 1.35. The number of nitrogens with zero attached hydrogens (tertiary/aromatic N) is 1. The highest BCUT2D eigenvalue weighted by Crippen LogP contribution is 2.25. The van der Waals surface area contributed by atoms with Crippen LogP contribution < -0.4 is 5.32 Å². The summed E-state index contributed by atoms with van der Waals surface area (Å²) in [5, 5.41) is 13.6. The Balaban J connectivity index is 2.02. The highest BCUT2D eigenvalue weighted by Gasteiger charge is 2.09. The number of anilines is 1. The maximum atomic E-state index is 13.2. The van der Waals surface area contributed by atoms with Crippen molar-refractivity contribution in [3.8, 4) is 0 Å². The molecule has 0 aliphatic carbocycles. The van der Waals surface area contributed by atoms with Gasteiger partial charge in [-0.3, -0.25) is 10.1 Å². The third kappa shape index (κ3) is 3.05. The summed E-state index contributed by atoms with van der Waals surface area (Å²) < 4.78 is 13.6. The van der Waals surface area contributed by atoms with Crippen LogP contribution in [-0.2, 0) is 6.54 Å². The van der Waals surface area contributed by atoms with Gasteiger partial charge in [-0.1, -0.05) is 11.3 Å². The topological polar surface area (TPSA) is 55.2 Å². The van der Waals surface area contributed by atoms with Gasteiger partial charge in [0.1, 0.15) is 5.82 Å². The van der Waals surface area contributed by atoms with Crippen molar-refractivity contribution in [3.63, 3.8) is 0 Å². The number of nitro groups is 1. The SMILES string of the molecule is O=[N+]([O-])c1ccc(CNc2ccc(Br)c(F)c2)s1. The predicted octanol–water partition coefficient (Wildman–Crippen LogP) is 4.17. The lowest BCUT2D eigenvalue weighted by atomic mass is 10.3. The van der Waals surface area contributed by atoms with E-state index in [2.05, 4.69) is 21.2 Å². The summed E-state index contributed by atoms with van der Waals surface area (Å²) in [7, 11) is 0. The van der Waals surface area contributed by atoms with Gasteiger partial charge in [0.25, 0.3) is 0 Å². The fraction of sp³-hybridized carbons (Fsp3) is 0.0909. The largest absolute Gasteiger partial charge is 0.380 e. The van der Waals surface area contributed by atoms with Crippen LogP contribution in [0.25, 0.3) is 0 Å². The molecule has 0 aliphatic rings. The van der Waals surface area contributed by atoms with E-state index in [1.165, 1.54) is 12.1 Å². The van der Waals surface area contributed by atoms with Gasteiger partial charge in [0.15, 0.2) is 0 Å². The minimum absolute atomic E-state index is 0.105. The van der Waals surface area contributed by atoms with E-state index in [4.69, 9.17) is 0 Å². The second-order valence-corrected chi connectivity index (χ2v) is 5.48. The summed E-state index contributed by atoms with van der Waals surface area (Å²) in [6.45, 7) is 0.430. The third-order valence-corrected chi connectivity index (χ3v) is 3.89. The predicted molar refractivity (Wildman–Crippen MR) is 72.4 cm³/mol. The van der Waals surface area contributed by atoms with Crippen LogP contribution >= 0.6 is 27.3 Å². The molecule has 0 spiro atoms. The van der Waals surface area contributed by atoms with Gasteiger partial charge >= 0.3 is 5.00 Å². The van der Waals surface area contributed by atoms with Crippen LogP contribution in [-0.4, -0.2) is 4.92 Å². The van der Waals surface area contributed by atoms with Crippen LogP contribution in [0.5, 0.6) is 0 Å². The van der Waals surface area contributed by atoms with Crippen LogP contribution in [0, 0.1) is 15.9 Å². The van der Waals surface area contributed by atoms with E-state index in [1.54, 1.807) is 18.2 Å². The van der Waals surface area contributed by atoms with Gasteiger partial charge in [-0.15, -0.1) is 0 Å². The maximum absolute atomic E-state index is 13.2. The number of nitrogens with one attached hydrogen (secondary N) is 1. The van der Waals surface area contributed by atoms with Gasteiger partial charge in [-0.05, 0) is 40.2 Å². The molecule has 1 aromatic carbocycles. The zero-order chi connectivity index (χ0) is 13.1. The molecule has 0 radical (unpaired) electrons. The van der Waals surface area contributed by atoms with Crippen molar-refractivity contribution in [3.05, 3.63) is 55.6 Å². The van der Waals surface area contributed by atoms with Crippen LogP contribution in [0.15, 0.2) is 34.8 Å². The van der Waals surface area contributed by atoms with Crippen molar-refractivity contribution in [1.29, 1.82) is 0 Å². The quantitative estimate of drug-likeness (QED) is 0.676. The first-order chi connectivity index (χ1) is 8.56. The maximum Gasteiger partial charge on any atom is 0.324 e. The van der Waals surface area contributed by atoms with E-state index in [1.807, 2.05) is 0 Å². The Morgan fingerprint density at radius 1 is 1.39 bits per heavy atom. The molecule has 1 aromatic heterocycles. The summed E-state index contributed by atoms with van der Waals surface area (Å²) in [5.41, 5.74) is 0.631. The van der Waals surface area contributed by atoms with Gasteiger partial charge in [-0.25, -0.2) is 4.39 Å². The number of hydrogen-bond acceptors (Lipinski definition) is 4. The summed E-state index contributed by atoms with van der Waals surface area (Å²) in [5.74, 6) is -0.350. The molecule has 18 heavy (non-hydrogen) atoms. The van der Waals surface area contributed by atoms with E-state index < -0.39 is 4.92 Å². The molecule has 2 aromatic rings. The first-order valence-electron chi connectivity index (χ1n) is 4.98. The summed E-state index contributed by atoms with van der Waals surface area (Å²) in [6.07, 6.45) is 0. The molecule has 7 heteroatoms. The number of thiophene rings is 1. The molecule has 2 rings (SSSR count). The number of hydrogen-bond donors (Lipinski definition) is 1. The first kappa shape index (κ1) is 13.0. The molecule has 0 fully saturated rings. The van der Waals surface area contributed by atoms with E-state index in [0.29, 0.717) is 16.7 Å². The lowest BCUT2D eigenvalue weighted by Gasteiger charge is -2.05. The van der Waals surface area contributed by atoms with E-state index in [9.17, 15) is 14.5 Å². The molecule has 0 saturated heterocycles. The van der Waals surface area contributed by atoms with Crippen LogP contribution in [0.2, 0.25) is 0 Å². The highest BCUT2D eigenvalue weighted by molar-refractivity contribution is 9.10. The lowest BCUT2D eigenvalue weighted by Crippen LogP contribution is -1.97. The van der Waals surface area contributed by atoms with Gasteiger partial charge in [-0.2, -0.15) is 0 Å². The Kier molecular flexibility index (Phi) is 3.93. The van der Waals surface area contributed by atoms with E-state index in [0.717, 1.165) is 16.2 Å². The summed E-state index contributed by atoms with van der Waals surface area (Å²) in [6, 6.07) is 7.85. The third-order valence-electron chi connectivity index (χ3n) is 2.21. The first-order valence-corrected chi connectivity index (χ1v) is 6.59. The summed E-state index contributed by atoms with van der Waals surface area (Å²) >= 11 is 4.17. The standard InChI is InChI=1S/C11H8BrFN2O2S/c12-9-3-1-7(5-10(9)13)14-6-8-2-4-11(18-8)15(16)17/h1-5,14H,6H2. The Morgan fingerprint density at radius 2 is 2.17 bits per heavy atom. The second-order valence-electron chi connectivity index (χ2n) is 3.48. The molecule has 4 nitrogen and oxygen atoms in total. The molecular formula is C11H8BrFN2O2S. The molecule has 0 unspecified atom stereocenters. The normalized spacial score (nSPS) is 10.3. The fourth-order valence-corrected chi connectivity index (χ4v) is 2.36. The lowest BCUT2D eigenvalue weighted by molar-refractivity contribution is -0.380. The van der Waals surface area contributed by atoms with Crippen molar-refractivity contribution in [2.24, 2.45) is 0 Å². The van der Waals surface area contributed by atoms with Crippen molar-refractivity contribution < 1.29 is 9.31 Å². The average Bonchev–Trinajstić information content (AvgIpc) is 2.79. The average molecular weight is 331 g/mol. The summed E-state index contributed by atoms with van der Waals surface area (Å²) in [4.78, 5) is 10.9. The Bertz CT molecular complexity index is 588. The minimum atomic E-state index is -0.423. The monoisotopic (exact) mass is 330 g/mol. The molecule has 0 bridgehead atoms. The minimum Gasteiger partial charge on any atom is -0.380 e. The number of rotatable bonds is 4. The van der Waals surface area contributed by atoms with E-state index >= 15 is 0 Å². The smallest absolute Gasteiger partial charge is 0.324 e. The Labute approximate surface area is 115 Å². The van der Waals surface area contributed by atoms with Crippen LogP contribution in [0.1, 0.15) is 4.88 Å². The molecule has 0 atom stereocenters. The van der Waals surface area contributed by atoms with Crippen molar-refractivity contribution in [1.82, 2.24) is 0 Å². The molecule has 0 amide bonds. The highest BCUT2D eigenvalue weighted by atomic mass is 79.9.